The van der Waals surface area contributed by atoms with Crippen molar-refractivity contribution in [1.82, 2.24) is 4.90 Å². The molecule has 2 unspecified atom stereocenters. The van der Waals surface area contributed by atoms with Crippen LogP contribution in [0.1, 0.15) is 90.5 Å². The van der Waals surface area contributed by atoms with Crippen molar-refractivity contribution in [2.45, 2.75) is 75.3 Å². The summed E-state index contributed by atoms with van der Waals surface area (Å²) in [6, 6.07) is 15.2. The minimum absolute atomic E-state index is 0.00711. The van der Waals surface area contributed by atoms with Gasteiger partial charge in [-0.15, -0.1) is 0 Å². The Morgan fingerprint density at radius 2 is 1.66 bits per heavy atom. The van der Waals surface area contributed by atoms with Crippen LogP contribution in [0.2, 0.25) is 10.0 Å². The standard InChI is InChI=1S/C34H36Cl2FNO6/c1-3-33(43,21-8-14-26(39)15-9-21)23-18-27-31(28(37)19-23)34(44-2,22-6-12-25(36)13-7-22)38(32(27)42)29(16-17-30(40)41)20-4-10-24(35)11-5-20/h4-7,10-13,18-19,21,26,29,39,43H,3,8-9,14-17H2,1-2H3,(H,40,41)/t21-,26-,29?,33?,34-/m1/s1. The molecular weight excluding hydrogens is 608 g/mol. The molecule has 0 bridgehead atoms. The van der Waals surface area contributed by atoms with Gasteiger partial charge in [-0.2, -0.15) is 0 Å². The summed E-state index contributed by atoms with van der Waals surface area (Å²) < 4.78 is 22.9. The molecule has 7 nitrogen and oxygen atoms in total. The molecular formula is C34H36Cl2FNO6. The molecule has 2 aliphatic rings. The molecule has 1 aliphatic carbocycles. The van der Waals surface area contributed by atoms with E-state index in [1.807, 2.05) is 6.92 Å². The zero-order valence-electron chi connectivity index (χ0n) is 24.6. The van der Waals surface area contributed by atoms with Gasteiger partial charge in [-0.05, 0) is 92.0 Å². The maximum Gasteiger partial charge on any atom is 0.303 e. The van der Waals surface area contributed by atoms with E-state index in [9.17, 15) is 24.9 Å². The Bertz CT molecular complexity index is 1530. The average molecular weight is 645 g/mol. The number of ether oxygens (including phenoxy) is 1. The predicted octanol–water partition coefficient (Wildman–Crippen LogP) is 7.19. The number of rotatable bonds is 10. The number of methoxy groups -OCH3 is 1. The van der Waals surface area contributed by atoms with Gasteiger partial charge in [-0.1, -0.05) is 54.4 Å². The SMILES string of the molecule is CCC(O)(c1cc(F)c2c(c1)C(=O)N(C(CCC(=O)O)c1ccc(Cl)cc1)[C@@]2(OC)c1ccc(Cl)cc1)[C@H]1CC[C@H](O)CC1. The first-order chi connectivity index (χ1) is 21.0. The van der Waals surface area contributed by atoms with Crippen molar-refractivity contribution in [3.05, 3.63) is 104 Å². The summed E-state index contributed by atoms with van der Waals surface area (Å²) in [4.78, 5) is 27.8. The highest BCUT2D eigenvalue weighted by atomic mass is 35.5. The Labute approximate surface area is 266 Å². The van der Waals surface area contributed by atoms with Gasteiger partial charge in [0.05, 0.1) is 28.9 Å². The number of carbonyl (C=O) groups excluding carboxylic acids is 1. The van der Waals surface area contributed by atoms with E-state index in [1.54, 1.807) is 54.6 Å². The van der Waals surface area contributed by atoms with Gasteiger partial charge in [0.1, 0.15) is 5.82 Å². The Morgan fingerprint density at radius 1 is 1.07 bits per heavy atom. The van der Waals surface area contributed by atoms with Crippen LogP contribution >= 0.6 is 23.2 Å². The fraction of sp³-hybridized carbons (Fsp3) is 0.412. The number of carboxylic acid groups (broad SMARTS) is 1. The molecule has 1 heterocycles. The lowest BCUT2D eigenvalue weighted by atomic mass is 9.71. The smallest absolute Gasteiger partial charge is 0.303 e. The lowest BCUT2D eigenvalue weighted by Crippen LogP contribution is -2.48. The third kappa shape index (κ3) is 5.63. The van der Waals surface area contributed by atoms with E-state index in [2.05, 4.69) is 0 Å². The summed E-state index contributed by atoms with van der Waals surface area (Å²) in [7, 11) is 1.38. The minimum Gasteiger partial charge on any atom is -0.481 e. The first kappa shape index (κ1) is 32.4. The molecule has 5 rings (SSSR count). The van der Waals surface area contributed by atoms with E-state index >= 15 is 4.39 Å². The second kappa shape index (κ2) is 12.8. The maximum absolute atomic E-state index is 16.7. The third-order valence-corrected chi connectivity index (χ3v) is 9.86. The lowest BCUT2D eigenvalue weighted by molar-refractivity contribution is -0.138. The molecule has 1 saturated carbocycles. The van der Waals surface area contributed by atoms with Crippen molar-refractivity contribution in [1.29, 1.82) is 0 Å². The Hall–Kier alpha value is -3.01. The van der Waals surface area contributed by atoms with Crippen LogP contribution in [0.15, 0.2) is 60.7 Å². The highest BCUT2D eigenvalue weighted by Crippen LogP contribution is 2.53. The van der Waals surface area contributed by atoms with Crippen LogP contribution in [0.4, 0.5) is 4.39 Å². The van der Waals surface area contributed by atoms with Crippen molar-refractivity contribution in [3.63, 3.8) is 0 Å². The molecule has 0 saturated heterocycles. The highest BCUT2D eigenvalue weighted by molar-refractivity contribution is 6.30. The lowest BCUT2D eigenvalue weighted by Gasteiger charge is -2.43. The van der Waals surface area contributed by atoms with Crippen molar-refractivity contribution < 1.29 is 34.0 Å². The number of amides is 1. The van der Waals surface area contributed by atoms with Crippen LogP contribution in [0.3, 0.4) is 0 Å². The van der Waals surface area contributed by atoms with Crippen molar-refractivity contribution in [2.24, 2.45) is 5.92 Å². The third-order valence-electron chi connectivity index (χ3n) is 9.36. The number of fused-ring (bicyclic) bond motifs is 1. The summed E-state index contributed by atoms with van der Waals surface area (Å²) in [6.07, 6.45) is 1.76. The summed E-state index contributed by atoms with van der Waals surface area (Å²) in [5, 5.41) is 32.6. The summed E-state index contributed by atoms with van der Waals surface area (Å²) in [5.41, 5.74) is -1.93. The molecule has 3 aromatic carbocycles. The number of nitrogens with zero attached hydrogens (tertiary/aromatic N) is 1. The second-order valence-electron chi connectivity index (χ2n) is 11.7. The Balaban J connectivity index is 1.74. The van der Waals surface area contributed by atoms with E-state index in [0.29, 0.717) is 46.9 Å². The highest BCUT2D eigenvalue weighted by Gasteiger charge is 2.57. The van der Waals surface area contributed by atoms with Crippen molar-refractivity contribution >= 4 is 35.1 Å². The zero-order chi connectivity index (χ0) is 31.8. The van der Waals surface area contributed by atoms with Crippen LogP contribution in [0.5, 0.6) is 0 Å². The van der Waals surface area contributed by atoms with Gasteiger partial charge in [-0.25, -0.2) is 4.39 Å². The van der Waals surface area contributed by atoms with Crippen LogP contribution in [0, 0.1) is 11.7 Å². The Kier molecular flexibility index (Phi) is 9.40. The number of hydrogen-bond donors (Lipinski definition) is 3. The van der Waals surface area contributed by atoms with Crippen LogP contribution in [0.25, 0.3) is 0 Å². The minimum atomic E-state index is -1.79. The Morgan fingerprint density at radius 3 is 2.20 bits per heavy atom. The molecule has 3 atom stereocenters. The number of aliphatic hydroxyl groups is 2. The number of benzene rings is 3. The van der Waals surface area contributed by atoms with Crippen LogP contribution < -0.4 is 0 Å². The summed E-state index contributed by atoms with van der Waals surface area (Å²) >= 11 is 12.4. The monoisotopic (exact) mass is 643 g/mol. The fourth-order valence-electron chi connectivity index (χ4n) is 7.07. The second-order valence-corrected chi connectivity index (χ2v) is 12.6. The first-order valence-electron chi connectivity index (χ1n) is 14.8. The van der Waals surface area contributed by atoms with Gasteiger partial charge >= 0.3 is 5.97 Å². The molecule has 3 aromatic rings. The van der Waals surface area contributed by atoms with Gasteiger partial charge in [0, 0.05) is 29.1 Å². The van der Waals surface area contributed by atoms with Gasteiger partial charge in [-0.3, -0.25) is 14.5 Å². The summed E-state index contributed by atoms with van der Waals surface area (Å²) in [6.45, 7) is 1.82. The van der Waals surface area contributed by atoms with Crippen molar-refractivity contribution in [3.8, 4) is 0 Å². The molecule has 44 heavy (non-hydrogen) atoms. The quantitative estimate of drug-likeness (QED) is 0.216. The molecule has 0 aromatic heterocycles. The number of carbonyl (C=O) groups is 2. The zero-order valence-corrected chi connectivity index (χ0v) is 26.1. The number of hydrogen-bond acceptors (Lipinski definition) is 5. The largest absolute Gasteiger partial charge is 0.481 e. The number of halogens is 3. The van der Waals surface area contributed by atoms with Gasteiger partial charge in [0.15, 0.2) is 5.72 Å². The van der Waals surface area contributed by atoms with Crippen molar-refractivity contribution in [2.75, 3.05) is 7.11 Å². The van der Waals surface area contributed by atoms with Gasteiger partial charge < -0.3 is 20.1 Å². The molecule has 234 valence electrons. The number of aliphatic carboxylic acids is 1. The molecule has 1 aliphatic heterocycles. The molecule has 0 spiro atoms. The van der Waals surface area contributed by atoms with E-state index < -0.39 is 41.2 Å². The van der Waals surface area contributed by atoms with E-state index in [1.165, 1.54) is 18.1 Å². The molecule has 1 fully saturated rings. The topological polar surface area (TPSA) is 107 Å². The molecule has 0 radical (unpaired) electrons. The number of carboxylic acids is 1. The first-order valence-corrected chi connectivity index (χ1v) is 15.6. The normalized spacial score (nSPS) is 23.7. The van der Waals surface area contributed by atoms with Crippen LogP contribution in [-0.2, 0) is 20.9 Å². The van der Waals surface area contributed by atoms with Crippen LogP contribution in [-0.4, -0.2) is 45.3 Å². The van der Waals surface area contributed by atoms with Gasteiger partial charge in [0.2, 0.25) is 0 Å². The fourth-order valence-corrected chi connectivity index (χ4v) is 7.33. The van der Waals surface area contributed by atoms with E-state index in [4.69, 9.17) is 27.9 Å². The van der Waals surface area contributed by atoms with Gasteiger partial charge in [0.25, 0.3) is 5.91 Å². The number of aliphatic hydroxyl groups excluding tert-OH is 1. The maximum atomic E-state index is 16.7. The average Bonchev–Trinajstić information content (AvgIpc) is 3.27. The molecule has 3 N–H and O–H groups in total. The van der Waals surface area contributed by atoms with E-state index in [0.717, 1.165) is 0 Å². The summed E-state index contributed by atoms with van der Waals surface area (Å²) in [5.74, 6) is -2.59. The molecule has 1 amide bonds. The van der Waals surface area contributed by atoms with E-state index in [-0.39, 0.29) is 41.9 Å². The molecule has 10 heteroatoms. The predicted molar refractivity (Wildman–Crippen MR) is 165 cm³/mol.